The van der Waals surface area contributed by atoms with Crippen LogP contribution in [0.4, 0.5) is 5.69 Å². The Morgan fingerprint density at radius 1 is 0.812 bits per heavy atom. The van der Waals surface area contributed by atoms with Gasteiger partial charge in [0.25, 0.3) is 0 Å². The van der Waals surface area contributed by atoms with Gasteiger partial charge in [-0.3, -0.25) is 28.8 Å². The van der Waals surface area contributed by atoms with Crippen molar-refractivity contribution in [2.75, 3.05) is 64.5 Å². The van der Waals surface area contributed by atoms with E-state index >= 15 is 4.79 Å². The third kappa shape index (κ3) is 10.3. The Labute approximate surface area is 380 Å². The average Bonchev–Trinajstić information content (AvgIpc) is 3.80. The number of hydrogen-bond acceptors (Lipinski definition) is 12. The highest BCUT2D eigenvalue weighted by Crippen LogP contribution is 2.37. The minimum absolute atomic E-state index is 0.0612. The first-order valence-corrected chi connectivity index (χ1v) is 23.8. The molecule has 5 amide bonds. The molecular formula is C47H64N8O8S. The molecule has 6 fully saturated rings. The van der Waals surface area contributed by atoms with E-state index in [1.54, 1.807) is 56.1 Å². The number of piperidine rings is 4. The zero-order valence-corrected chi connectivity index (χ0v) is 38.5. The molecule has 6 aliphatic rings. The molecule has 8 rings (SSSR count). The Bertz CT molecular complexity index is 2050. The summed E-state index contributed by atoms with van der Waals surface area (Å²) in [5, 5.41) is 5.88. The fourth-order valence-electron chi connectivity index (χ4n) is 9.81. The summed E-state index contributed by atoms with van der Waals surface area (Å²) in [5.74, 6) is -3.53. The third-order valence-corrected chi connectivity index (χ3v) is 15.5. The zero-order chi connectivity index (χ0) is 45.8. The molecule has 2 aromatic carbocycles. The van der Waals surface area contributed by atoms with Gasteiger partial charge < -0.3 is 45.6 Å². The van der Waals surface area contributed by atoms with Crippen LogP contribution in [0.25, 0.3) is 0 Å². The molecule has 4 N–H and O–H groups in total. The van der Waals surface area contributed by atoms with Crippen molar-refractivity contribution >= 4 is 58.7 Å². The maximum atomic E-state index is 15.5. The quantitative estimate of drug-likeness (QED) is 0.326. The van der Waals surface area contributed by atoms with E-state index in [1.807, 2.05) is 43.3 Å². The number of likely N-dealkylation sites (N-methyl/N-ethyl adjacent to an activating group) is 1. The third-order valence-electron chi connectivity index (χ3n) is 13.9. The van der Waals surface area contributed by atoms with E-state index in [4.69, 9.17) is 10.5 Å². The van der Waals surface area contributed by atoms with Gasteiger partial charge in [-0.15, -0.1) is 0 Å². The summed E-state index contributed by atoms with van der Waals surface area (Å²) in [6.07, 6.45) is 1.87. The standard InChI is InChI=1S/C47H64N8O8S/c1-6-34-44(59)54-20-10-13-35(54)45(60)52(5)37(23-29-14-16-33(17-15-29)51(3)4)46(61)55-25-32(27-64-39-26-53-21-18-30(39)19-22-53)38(56)24-36(55)42(57)50-41(31-11-8-7-9-12-31)47(62)63-28(2)40(48)43(58)49-34/h7-9,11-12,14-17,28,30,32,34-37,39-41H,6,10,13,18-27,48H2,1-5H3,(H,49,58)(H,50,57)/t28-,32+,34+,35+,36+,37+,39?,40+,41+/m1/s1. The van der Waals surface area contributed by atoms with E-state index in [-0.39, 0.29) is 38.1 Å². The Balaban J connectivity index is 1.28. The first-order chi connectivity index (χ1) is 30.6. The lowest BCUT2D eigenvalue weighted by molar-refractivity contribution is -0.157. The number of carbonyl (C=O) groups is 7. The smallest absolute Gasteiger partial charge is 0.333 e. The highest BCUT2D eigenvalue weighted by molar-refractivity contribution is 8.00. The molecule has 6 aliphatic heterocycles. The van der Waals surface area contributed by atoms with Crippen molar-refractivity contribution in [2.24, 2.45) is 17.6 Å². The molecule has 2 aromatic rings. The predicted molar refractivity (Wildman–Crippen MR) is 243 cm³/mol. The second kappa shape index (κ2) is 20.4. The lowest BCUT2D eigenvalue weighted by Crippen LogP contribution is -2.63. The van der Waals surface area contributed by atoms with E-state index in [0.717, 1.165) is 43.7 Å². The van der Waals surface area contributed by atoms with Gasteiger partial charge in [0, 0.05) is 76.2 Å². The monoisotopic (exact) mass is 900 g/mol. The number of esters is 1. The summed E-state index contributed by atoms with van der Waals surface area (Å²) >= 11 is 1.76. The van der Waals surface area contributed by atoms with Crippen molar-refractivity contribution < 1.29 is 38.3 Å². The van der Waals surface area contributed by atoms with E-state index in [2.05, 4.69) is 15.5 Å². The van der Waals surface area contributed by atoms with Crippen molar-refractivity contribution in [3.8, 4) is 0 Å². The van der Waals surface area contributed by atoms with Gasteiger partial charge in [0.1, 0.15) is 42.1 Å². The van der Waals surface area contributed by atoms with Gasteiger partial charge in [0.2, 0.25) is 29.5 Å². The summed E-state index contributed by atoms with van der Waals surface area (Å²) in [5.41, 5.74) is 8.41. The number of anilines is 1. The molecule has 6 saturated heterocycles. The molecule has 0 aromatic heterocycles. The molecular weight excluding hydrogens is 837 g/mol. The number of nitrogens with zero attached hydrogens (tertiary/aromatic N) is 5. The molecule has 2 bridgehead atoms. The number of benzene rings is 2. The normalized spacial score (nSPS) is 32.2. The van der Waals surface area contributed by atoms with Gasteiger partial charge in [-0.2, -0.15) is 11.8 Å². The molecule has 1 unspecified atom stereocenters. The van der Waals surface area contributed by atoms with Crippen LogP contribution in [0.15, 0.2) is 54.6 Å². The fourth-order valence-corrected chi connectivity index (χ4v) is 11.4. The minimum atomic E-state index is -1.40. The number of nitrogens with one attached hydrogen (secondary N) is 2. The minimum Gasteiger partial charge on any atom is -0.459 e. The predicted octanol–water partition coefficient (Wildman–Crippen LogP) is 1.75. The topological polar surface area (TPSA) is 195 Å². The van der Waals surface area contributed by atoms with Crippen LogP contribution in [0.1, 0.15) is 69.5 Å². The number of ketones is 1. The van der Waals surface area contributed by atoms with Gasteiger partial charge in [-0.1, -0.05) is 49.4 Å². The van der Waals surface area contributed by atoms with Crippen LogP contribution in [0.2, 0.25) is 0 Å². The molecule has 9 atom stereocenters. The number of fused-ring (bicyclic) bond motifs is 5. The number of hydrogen-bond donors (Lipinski definition) is 3. The second-order valence-corrected chi connectivity index (χ2v) is 19.6. The molecule has 6 heterocycles. The van der Waals surface area contributed by atoms with Gasteiger partial charge in [-0.05, 0) is 81.3 Å². The lowest BCUT2D eigenvalue weighted by Gasteiger charge is -2.45. The molecule has 0 aliphatic carbocycles. The zero-order valence-electron chi connectivity index (χ0n) is 37.6. The van der Waals surface area contributed by atoms with Crippen LogP contribution in [-0.4, -0.2) is 162 Å². The highest BCUT2D eigenvalue weighted by atomic mass is 32.2. The Morgan fingerprint density at radius 3 is 2.16 bits per heavy atom. The van der Waals surface area contributed by atoms with Crippen LogP contribution in [0.5, 0.6) is 0 Å². The van der Waals surface area contributed by atoms with Gasteiger partial charge >= 0.3 is 5.97 Å². The molecule has 346 valence electrons. The van der Waals surface area contributed by atoms with Crippen LogP contribution in [-0.2, 0) is 44.7 Å². The van der Waals surface area contributed by atoms with E-state index < -0.39 is 83.8 Å². The average molecular weight is 901 g/mol. The van der Waals surface area contributed by atoms with Crippen molar-refractivity contribution in [3.63, 3.8) is 0 Å². The van der Waals surface area contributed by atoms with Crippen LogP contribution in [0.3, 0.4) is 0 Å². The Hall–Kier alpha value is -5.00. The number of Topliss-reactive ketones (excluding diaryl/α,β-unsaturated/α-hetero) is 1. The summed E-state index contributed by atoms with van der Waals surface area (Å²) in [4.78, 5) is 110. The number of ether oxygens (including phenoxy) is 1. The first kappa shape index (κ1) is 47.0. The first-order valence-electron chi connectivity index (χ1n) is 22.8. The van der Waals surface area contributed by atoms with Gasteiger partial charge in [-0.25, -0.2) is 4.79 Å². The number of thioether (sulfide) groups is 1. The Morgan fingerprint density at radius 2 is 1.52 bits per heavy atom. The number of amides is 5. The highest BCUT2D eigenvalue weighted by Gasteiger charge is 2.47. The molecule has 0 saturated carbocycles. The summed E-state index contributed by atoms with van der Waals surface area (Å²) in [6, 6.07) is 8.82. The summed E-state index contributed by atoms with van der Waals surface area (Å²) in [7, 11) is 5.40. The molecule has 16 nitrogen and oxygen atoms in total. The number of nitrogens with two attached hydrogens (primary N) is 1. The number of cyclic esters (lactones) is 1. The maximum Gasteiger partial charge on any atom is 0.333 e. The summed E-state index contributed by atoms with van der Waals surface area (Å²) in [6.45, 7) is 6.50. The van der Waals surface area contributed by atoms with Crippen molar-refractivity contribution in [3.05, 3.63) is 65.7 Å². The van der Waals surface area contributed by atoms with E-state index in [0.29, 0.717) is 35.3 Å². The fraction of sp³-hybridized carbons (Fsp3) is 0.596. The van der Waals surface area contributed by atoms with E-state index in [9.17, 15) is 28.8 Å². The second-order valence-electron chi connectivity index (χ2n) is 18.3. The maximum absolute atomic E-state index is 15.5. The molecule has 0 spiro atoms. The van der Waals surface area contributed by atoms with Crippen molar-refractivity contribution in [1.82, 2.24) is 30.2 Å². The molecule has 64 heavy (non-hydrogen) atoms. The van der Waals surface area contributed by atoms with Gasteiger partial charge in [0.05, 0.1) is 0 Å². The van der Waals surface area contributed by atoms with E-state index in [1.165, 1.54) is 21.6 Å². The Kier molecular flexibility index (Phi) is 15.0. The van der Waals surface area contributed by atoms with Crippen LogP contribution >= 0.6 is 11.8 Å². The largest absolute Gasteiger partial charge is 0.459 e. The van der Waals surface area contributed by atoms with Gasteiger partial charge in [0.15, 0.2) is 6.04 Å². The van der Waals surface area contributed by atoms with Crippen molar-refractivity contribution in [2.45, 2.75) is 106 Å². The van der Waals surface area contributed by atoms with Crippen LogP contribution < -0.4 is 21.3 Å². The molecule has 17 heteroatoms. The number of rotatable bonds is 8. The lowest BCUT2D eigenvalue weighted by atomic mass is 9.88. The molecule has 0 radical (unpaired) electrons. The van der Waals surface area contributed by atoms with Crippen LogP contribution in [0, 0.1) is 11.8 Å². The number of carbonyl (C=O) groups excluding carboxylic acids is 7. The van der Waals surface area contributed by atoms with Crippen molar-refractivity contribution in [1.29, 1.82) is 0 Å². The SMILES string of the molecule is CC[C@@H]1NC(=O)[C@@H](N)[C@@H](C)OC(=O)[C@H](c2ccccc2)NC(=O)[C@@H]2CC(=O)[C@H](CSC3CN4CCC3CC4)CN2C(=O)[C@H](Cc2ccc(N(C)C)cc2)N(C)C(=O)[C@@H]2CCCN2C1=O. The summed E-state index contributed by atoms with van der Waals surface area (Å²) < 4.78 is 5.78.